The van der Waals surface area contributed by atoms with Gasteiger partial charge in [-0.05, 0) is 74.0 Å². The van der Waals surface area contributed by atoms with Crippen molar-refractivity contribution < 1.29 is 15.9 Å². The average molecular weight is 613 g/mol. The molecule has 4 fully saturated rings. The summed E-state index contributed by atoms with van der Waals surface area (Å²) in [7, 11) is 10.2. The predicted molar refractivity (Wildman–Crippen MR) is 147 cm³/mol. The van der Waals surface area contributed by atoms with Gasteiger partial charge < -0.3 is 6.16 Å². The van der Waals surface area contributed by atoms with Crippen LogP contribution in [0.25, 0.3) is 0 Å². The van der Waals surface area contributed by atoms with E-state index in [0.717, 1.165) is 22.6 Å². The molecule has 5 heteroatoms. The van der Waals surface area contributed by atoms with E-state index >= 15 is 0 Å². The molecule has 0 spiro atoms. The summed E-state index contributed by atoms with van der Waals surface area (Å²) < 4.78 is 0. The molecular formula is C27H49Cl2P2Pd-. The Hall–Kier alpha value is 2.10. The van der Waals surface area contributed by atoms with Gasteiger partial charge in [0.1, 0.15) is 0 Å². The van der Waals surface area contributed by atoms with Crippen LogP contribution in [0.1, 0.15) is 135 Å². The van der Waals surface area contributed by atoms with E-state index in [1.54, 1.807) is 109 Å². The molecule has 0 aromatic rings. The number of halogens is 2. The molecule has 0 aliphatic heterocycles. The van der Waals surface area contributed by atoms with Crippen LogP contribution >= 0.6 is 34.9 Å². The Morgan fingerprint density at radius 1 is 0.531 bits per heavy atom. The fourth-order valence-electron chi connectivity index (χ4n) is 7.20. The van der Waals surface area contributed by atoms with Gasteiger partial charge in [-0.15, -0.1) is 7.92 Å². The molecule has 0 aromatic heterocycles. The molecule has 4 saturated carbocycles. The molecule has 4 rings (SSSR count). The van der Waals surface area contributed by atoms with Crippen LogP contribution in [0.3, 0.4) is 0 Å². The minimum atomic E-state index is -0.106. The molecule has 0 amide bonds. The summed E-state index contributed by atoms with van der Waals surface area (Å²) >= 11 is -0.106. The monoisotopic (exact) mass is 611 g/mol. The van der Waals surface area contributed by atoms with E-state index in [-0.39, 0.29) is 23.9 Å². The van der Waals surface area contributed by atoms with Gasteiger partial charge >= 0.3 is 35.0 Å². The molecule has 0 aromatic carbocycles. The van der Waals surface area contributed by atoms with E-state index in [1.807, 2.05) is 0 Å². The molecule has 0 heterocycles. The minimum absolute atomic E-state index is 0.106. The molecule has 0 bridgehead atoms. The molecule has 0 atom stereocenters. The topological polar surface area (TPSA) is 0 Å². The fourth-order valence-corrected chi connectivity index (χ4v) is 14.8. The number of hydrogen-bond donors (Lipinski definition) is 0. The van der Waals surface area contributed by atoms with Crippen molar-refractivity contribution in [1.82, 2.24) is 0 Å². The second kappa shape index (κ2) is 17.5. The van der Waals surface area contributed by atoms with Gasteiger partial charge in [-0.2, -0.15) is 6.42 Å². The van der Waals surface area contributed by atoms with Crippen LogP contribution in [0, 0.1) is 6.16 Å². The van der Waals surface area contributed by atoms with Gasteiger partial charge in [-0.3, -0.25) is 7.92 Å². The van der Waals surface area contributed by atoms with Gasteiger partial charge in [0.05, 0.1) is 0 Å². The zero-order valence-electron chi connectivity index (χ0n) is 20.4. The van der Waals surface area contributed by atoms with Crippen LogP contribution in [0.5, 0.6) is 0 Å². The first-order valence-corrected chi connectivity index (χ1v) is 21.2. The third-order valence-electron chi connectivity index (χ3n) is 8.81. The van der Waals surface area contributed by atoms with Crippen LogP contribution in [0.2, 0.25) is 0 Å². The van der Waals surface area contributed by atoms with Crippen LogP contribution in [-0.4, -0.2) is 28.8 Å². The molecular weight excluding hydrogens is 564 g/mol. The van der Waals surface area contributed by atoms with E-state index < -0.39 is 0 Å². The Balaban J connectivity index is 0.000000913. The maximum atomic E-state index is 4.81. The molecule has 0 N–H and O–H groups in total. The van der Waals surface area contributed by atoms with Crippen molar-refractivity contribution in [3.63, 3.8) is 0 Å². The second-order valence-electron chi connectivity index (χ2n) is 10.9. The number of rotatable bonds is 8. The van der Waals surface area contributed by atoms with Crippen molar-refractivity contribution in [1.29, 1.82) is 0 Å². The predicted octanol–water partition coefficient (Wildman–Crippen LogP) is 11.2. The second-order valence-corrected chi connectivity index (χ2v) is 18.9. The summed E-state index contributed by atoms with van der Waals surface area (Å²) in [6.07, 6.45) is 37.4. The van der Waals surface area contributed by atoms with Crippen molar-refractivity contribution in [2.45, 2.75) is 157 Å². The van der Waals surface area contributed by atoms with Crippen molar-refractivity contribution in [2.75, 3.05) is 6.16 Å². The standard InChI is InChI=1S/C27H49P2.2ClH.Pd/c1-5-14-24(15-6-1)28(25-16-7-2-8-17-25)22-13-23-29(26-18-9-3-10-19-26)27-20-11-4-12-21-27;;;/h22,24-27H,1-21,23H2;2*1H;/q-1;;;+2/p-2. The van der Waals surface area contributed by atoms with Gasteiger partial charge in [0.15, 0.2) is 0 Å². The Labute approximate surface area is 219 Å². The summed E-state index contributed by atoms with van der Waals surface area (Å²) in [4.78, 5) is 0. The van der Waals surface area contributed by atoms with Gasteiger partial charge in [0.2, 0.25) is 0 Å². The van der Waals surface area contributed by atoms with E-state index in [0.29, 0.717) is 7.92 Å². The molecule has 4 aliphatic rings. The maximum absolute atomic E-state index is 4.81. The van der Waals surface area contributed by atoms with Crippen LogP contribution in [0.4, 0.5) is 0 Å². The molecule has 0 nitrogen and oxygen atoms in total. The van der Waals surface area contributed by atoms with E-state index in [1.165, 1.54) is 32.1 Å². The summed E-state index contributed by atoms with van der Waals surface area (Å²) in [6.45, 7) is 0. The van der Waals surface area contributed by atoms with E-state index in [9.17, 15) is 0 Å². The molecule has 192 valence electrons. The van der Waals surface area contributed by atoms with Crippen molar-refractivity contribution in [2.24, 2.45) is 0 Å². The number of hydrogen-bond acceptors (Lipinski definition) is 0. The summed E-state index contributed by atoms with van der Waals surface area (Å²) in [5.74, 6) is 0. The van der Waals surface area contributed by atoms with Gasteiger partial charge in [0, 0.05) is 0 Å². The molecule has 0 unspecified atom stereocenters. The van der Waals surface area contributed by atoms with Crippen LogP contribution in [-0.2, 0) is 15.9 Å². The van der Waals surface area contributed by atoms with E-state index in [2.05, 4.69) is 6.16 Å². The Morgan fingerprint density at radius 3 is 1.19 bits per heavy atom. The first-order valence-electron chi connectivity index (χ1n) is 14.0. The zero-order chi connectivity index (χ0) is 22.4. The van der Waals surface area contributed by atoms with Gasteiger partial charge in [-0.1, -0.05) is 83.2 Å². The average Bonchev–Trinajstić information content (AvgIpc) is 2.87. The van der Waals surface area contributed by atoms with Crippen molar-refractivity contribution in [3.8, 4) is 0 Å². The quantitative estimate of drug-likeness (QED) is 0.145. The summed E-state index contributed by atoms with van der Waals surface area (Å²) in [5, 5.41) is 0. The Bertz CT molecular complexity index is 381. The Kier molecular flexibility index (Phi) is 15.7. The third kappa shape index (κ3) is 9.87. The van der Waals surface area contributed by atoms with Gasteiger partial charge in [-0.25, -0.2) is 0 Å². The van der Waals surface area contributed by atoms with E-state index in [4.69, 9.17) is 19.1 Å². The normalized spacial score (nSPS) is 25.2. The third-order valence-corrected chi connectivity index (χ3v) is 15.9. The summed E-state index contributed by atoms with van der Waals surface area (Å²) in [6, 6.07) is 0. The van der Waals surface area contributed by atoms with Crippen molar-refractivity contribution in [3.05, 3.63) is 6.16 Å². The zero-order valence-corrected chi connectivity index (χ0v) is 25.3. The first-order chi connectivity index (χ1) is 15.8. The molecule has 0 saturated heterocycles. The van der Waals surface area contributed by atoms with Crippen LogP contribution in [0.15, 0.2) is 0 Å². The Morgan fingerprint density at radius 2 is 0.844 bits per heavy atom. The SMILES string of the molecule is [CH-](CCP(C1CCCCC1)C1CCCCC1)P(C1CCCCC1)C1CCCCC1.[Cl][Pd][Cl]. The molecule has 4 aliphatic carbocycles. The molecule has 32 heavy (non-hydrogen) atoms. The van der Waals surface area contributed by atoms with Crippen molar-refractivity contribution >= 4 is 34.9 Å². The summed E-state index contributed by atoms with van der Waals surface area (Å²) in [5.41, 5.74) is 4.56. The van der Waals surface area contributed by atoms with Crippen LogP contribution < -0.4 is 0 Å². The first kappa shape index (κ1) is 28.7. The fraction of sp³-hybridized carbons (Fsp3) is 0.963. The van der Waals surface area contributed by atoms with Gasteiger partial charge in [0.25, 0.3) is 0 Å². The molecule has 0 radical (unpaired) electrons.